The number of hydrogen-bond donors (Lipinski definition) is 2. The molecule has 0 amide bonds. The van der Waals surface area contributed by atoms with Gasteiger partial charge in [0.2, 0.25) is 0 Å². The highest BCUT2D eigenvalue weighted by atomic mass is 32.1. The van der Waals surface area contributed by atoms with Gasteiger partial charge in [-0.3, -0.25) is 0 Å². The van der Waals surface area contributed by atoms with Crippen LogP contribution in [0.25, 0.3) is 0 Å². The van der Waals surface area contributed by atoms with E-state index in [-0.39, 0.29) is 5.75 Å². The molecule has 18 heavy (non-hydrogen) atoms. The molecule has 0 heterocycles. The van der Waals surface area contributed by atoms with Crippen LogP contribution in [-0.2, 0) is 6.61 Å². The number of thiocarbonyl (C=S) groups is 1. The summed E-state index contributed by atoms with van der Waals surface area (Å²) in [5.74, 6) is 0.961. The molecule has 0 spiro atoms. The maximum Gasteiger partial charge on any atom is 0.120 e. The van der Waals surface area contributed by atoms with Crippen molar-refractivity contribution in [2.45, 2.75) is 6.61 Å². The summed E-state index contributed by atoms with van der Waals surface area (Å²) in [5.41, 5.74) is 7.32. The number of hydrogen-bond acceptors (Lipinski definition) is 3. The minimum atomic E-state index is 0.245. The second kappa shape index (κ2) is 5.51. The Morgan fingerprint density at radius 1 is 1.17 bits per heavy atom. The van der Waals surface area contributed by atoms with E-state index in [2.05, 4.69) is 0 Å². The Morgan fingerprint density at radius 3 is 2.56 bits per heavy atom. The molecule has 0 radical (unpaired) electrons. The molecule has 92 valence electrons. The van der Waals surface area contributed by atoms with Crippen molar-refractivity contribution in [1.29, 1.82) is 0 Å². The van der Waals surface area contributed by atoms with Gasteiger partial charge in [-0.25, -0.2) is 0 Å². The first-order valence-electron chi connectivity index (χ1n) is 5.46. The van der Waals surface area contributed by atoms with Crippen molar-refractivity contribution in [1.82, 2.24) is 0 Å². The second-order valence-corrected chi connectivity index (χ2v) is 4.29. The van der Waals surface area contributed by atoms with E-state index in [4.69, 9.17) is 22.7 Å². The van der Waals surface area contributed by atoms with Crippen molar-refractivity contribution < 1.29 is 9.84 Å². The van der Waals surface area contributed by atoms with Crippen LogP contribution >= 0.6 is 12.2 Å². The summed E-state index contributed by atoms with van der Waals surface area (Å²) in [5, 5.41) is 9.17. The van der Waals surface area contributed by atoms with Crippen LogP contribution in [0.2, 0.25) is 0 Å². The van der Waals surface area contributed by atoms with Crippen molar-refractivity contribution in [3.05, 3.63) is 59.7 Å². The summed E-state index contributed by atoms with van der Waals surface area (Å²) in [6, 6.07) is 14.2. The third-order valence-electron chi connectivity index (χ3n) is 2.46. The zero-order valence-electron chi connectivity index (χ0n) is 9.67. The van der Waals surface area contributed by atoms with Gasteiger partial charge in [-0.1, -0.05) is 36.5 Å². The first-order valence-corrected chi connectivity index (χ1v) is 5.86. The molecule has 0 saturated heterocycles. The smallest absolute Gasteiger partial charge is 0.120 e. The number of phenols is 1. The number of phenolic OH excluding ortho intramolecular Hbond substituents is 1. The average molecular weight is 259 g/mol. The highest BCUT2D eigenvalue weighted by molar-refractivity contribution is 7.80. The molecule has 0 aliphatic carbocycles. The molecular formula is C14H13NO2S. The molecule has 3 nitrogen and oxygen atoms in total. The Balaban J connectivity index is 2.04. The van der Waals surface area contributed by atoms with E-state index in [9.17, 15) is 5.11 Å². The van der Waals surface area contributed by atoms with E-state index in [0.29, 0.717) is 17.3 Å². The van der Waals surface area contributed by atoms with Crippen LogP contribution in [0.1, 0.15) is 11.1 Å². The number of nitrogens with two attached hydrogens (primary N) is 1. The predicted octanol–water partition coefficient (Wildman–Crippen LogP) is 2.61. The van der Waals surface area contributed by atoms with E-state index in [1.807, 2.05) is 36.4 Å². The molecule has 0 aliphatic heterocycles. The van der Waals surface area contributed by atoms with Crippen molar-refractivity contribution in [3.63, 3.8) is 0 Å². The SMILES string of the molecule is NC(=S)c1cccc(OCc2ccc(O)cc2)c1. The molecule has 2 aromatic rings. The van der Waals surface area contributed by atoms with E-state index >= 15 is 0 Å². The van der Waals surface area contributed by atoms with E-state index < -0.39 is 0 Å². The molecule has 2 rings (SSSR count). The minimum Gasteiger partial charge on any atom is -0.508 e. The van der Waals surface area contributed by atoms with Gasteiger partial charge in [-0.15, -0.1) is 0 Å². The fraction of sp³-hybridized carbons (Fsp3) is 0.0714. The Hall–Kier alpha value is -2.07. The molecule has 0 fully saturated rings. The number of rotatable bonds is 4. The molecule has 0 atom stereocenters. The summed E-state index contributed by atoms with van der Waals surface area (Å²) >= 11 is 4.91. The first-order chi connectivity index (χ1) is 8.65. The summed E-state index contributed by atoms with van der Waals surface area (Å²) in [7, 11) is 0. The molecule has 0 unspecified atom stereocenters. The Morgan fingerprint density at radius 2 is 1.89 bits per heavy atom. The number of aromatic hydroxyl groups is 1. The monoisotopic (exact) mass is 259 g/mol. The fourth-order valence-corrected chi connectivity index (χ4v) is 1.62. The highest BCUT2D eigenvalue weighted by Gasteiger charge is 2.00. The van der Waals surface area contributed by atoms with E-state index in [0.717, 1.165) is 11.1 Å². The van der Waals surface area contributed by atoms with Gasteiger partial charge in [-0.2, -0.15) is 0 Å². The average Bonchev–Trinajstić information content (AvgIpc) is 2.38. The van der Waals surface area contributed by atoms with E-state index in [1.54, 1.807) is 12.1 Å². The molecule has 4 heteroatoms. The summed E-state index contributed by atoms with van der Waals surface area (Å²) in [4.78, 5) is 0.352. The second-order valence-electron chi connectivity index (χ2n) is 3.85. The molecule has 0 aliphatic rings. The Kier molecular flexibility index (Phi) is 3.79. The lowest BCUT2D eigenvalue weighted by Crippen LogP contribution is -2.09. The highest BCUT2D eigenvalue weighted by Crippen LogP contribution is 2.16. The minimum absolute atomic E-state index is 0.245. The fourth-order valence-electron chi connectivity index (χ4n) is 1.50. The van der Waals surface area contributed by atoms with Crippen LogP contribution in [0, 0.1) is 0 Å². The van der Waals surface area contributed by atoms with Gasteiger partial charge in [0.15, 0.2) is 0 Å². The van der Waals surface area contributed by atoms with Gasteiger partial charge >= 0.3 is 0 Å². The van der Waals surface area contributed by atoms with Crippen molar-refractivity contribution >= 4 is 17.2 Å². The lowest BCUT2D eigenvalue weighted by atomic mass is 10.2. The van der Waals surface area contributed by atoms with Crippen molar-refractivity contribution in [2.24, 2.45) is 5.73 Å². The molecule has 2 aromatic carbocycles. The van der Waals surface area contributed by atoms with Crippen LogP contribution in [0.15, 0.2) is 48.5 Å². The molecule has 3 N–H and O–H groups in total. The standard InChI is InChI=1S/C14H13NO2S/c15-14(18)11-2-1-3-13(8-11)17-9-10-4-6-12(16)7-5-10/h1-8,16H,9H2,(H2,15,18). The van der Waals surface area contributed by atoms with Crippen LogP contribution in [0.4, 0.5) is 0 Å². The molecule has 0 bridgehead atoms. The van der Waals surface area contributed by atoms with Gasteiger partial charge in [0.1, 0.15) is 23.1 Å². The third-order valence-corrected chi connectivity index (χ3v) is 2.70. The number of ether oxygens (including phenoxy) is 1. The van der Waals surface area contributed by atoms with Gasteiger partial charge in [0.05, 0.1) is 0 Å². The summed E-state index contributed by atoms with van der Waals surface area (Å²) in [6.45, 7) is 0.432. The Labute approximate surface area is 111 Å². The predicted molar refractivity (Wildman–Crippen MR) is 74.8 cm³/mol. The zero-order valence-corrected chi connectivity index (χ0v) is 10.5. The largest absolute Gasteiger partial charge is 0.508 e. The van der Waals surface area contributed by atoms with E-state index in [1.165, 1.54) is 0 Å². The third kappa shape index (κ3) is 3.21. The topological polar surface area (TPSA) is 55.5 Å². The Bertz CT molecular complexity index is 552. The van der Waals surface area contributed by atoms with Crippen LogP contribution in [-0.4, -0.2) is 10.1 Å². The molecular weight excluding hydrogens is 246 g/mol. The van der Waals surface area contributed by atoms with Gasteiger partial charge in [-0.05, 0) is 29.8 Å². The zero-order chi connectivity index (χ0) is 13.0. The van der Waals surface area contributed by atoms with Gasteiger partial charge < -0.3 is 15.6 Å². The first kappa shape index (κ1) is 12.4. The lowest BCUT2D eigenvalue weighted by molar-refractivity contribution is 0.306. The quantitative estimate of drug-likeness (QED) is 0.829. The normalized spacial score (nSPS) is 10.0. The summed E-state index contributed by atoms with van der Waals surface area (Å²) in [6.07, 6.45) is 0. The summed E-state index contributed by atoms with van der Waals surface area (Å²) < 4.78 is 5.63. The molecule has 0 saturated carbocycles. The van der Waals surface area contributed by atoms with Crippen molar-refractivity contribution in [3.8, 4) is 11.5 Å². The maximum atomic E-state index is 9.17. The van der Waals surface area contributed by atoms with Gasteiger partial charge in [0.25, 0.3) is 0 Å². The van der Waals surface area contributed by atoms with Crippen LogP contribution in [0.3, 0.4) is 0 Å². The van der Waals surface area contributed by atoms with Crippen molar-refractivity contribution in [2.75, 3.05) is 0 Å². The number of benzene rings is 2. The molecule has 0 aromatic heterocycles. The lowest BCUT2D eigenvalue weighted by Gasteiger charge is -2.07. The van der Waals surface area contributed by atoms with Gasteiger partial charge in [0, 0.05) is 5.56 Å². The van der Waals surface area contributed by atoms with Crippen LogP contribution < -0.4 is 10.5 Å². The maximum absolute atomic E-state index is 9.17. The van der Waals surface area contributed by atoms with Crippen LogP contribution in [0.5, 0.6) is 11.5 Å².